The van der Waals surface area contributed by atoms with E-state index in [0.717, 1.165) is 5.69 Å². The van der Waals surface area contributed by atoms with E-state index in [1.165, 1.54) is 12.1 Å². The van der Waals surface area contributed by atoms with Crippen LogP contribution in [-0.4, -0.2) is 20.2 Å². The summed E-state index contributed by atoms with van der Waals surface area (Å²) in [5, 5.41) is 14.9. The van der Waals surface area contributed by atoms with E-state index in [1.54, 1.807) is 30.1 Å². The summed E-state index contributed by atoms with van der Waals surface area (Å²) in [6.45, 7) is 0. The molecule has 1 aromatic heterocycles. The van der Waals surface area contributed by atoms with E-state index in [4.69, 9.17) is 4.74 Å². The molecule has 94 valence electrons. The van der Waals surface area contributed by atoms with Crippen molar-refractivity contribution < 1.29 is 9.66 Å². The number of aryl methyl sites for hydroxylation is 1. The SMILES string of the molecule is Cn1nccc1-c1cc([N+](=O)[O-])ccc1OCBr. The van der Waals surface area contributed by atoms with E-state index >= 15 is 0 Å². The molecule has 0 N–H and O–H groups in total. The maximum absolute atomic E-state index is 10.8. The second kappa shape index (κ2) is 5.18. The molecule has 0 aliphatic heterocycles. The van der Waals surface area contributed by atoms with Gasteiger partial charge in [-0.15, -0.1) is 0 Å². The molecule has 0 radical (unpaired) electrons. The number of hydrogen-bond acceptors (Lipinski definition) is 4. The molecular weight excluding hydrogens is 302 g/mol. The lowest BCUT2D eigenvalue weighted by Crippen LogP contribution is -1.98. The fourth-order valence-electron chi connectivity index (χ4n) is 1.65. The standard InChI is InChI=1S/C11H10BrN3O3/c1-14-10(4-5-13-14)9-6-8(15(16)17)2-3-11(9)18-7-12/h2-6H,7H2,1H3. The number of nitrogens with zero attached hydrogens (tertiary/aromatic N) is 3. The van der Waals surface area contributed by atoms with Gasteiger partial charge in [-0.25, -0.2) is 0 Å². The van der Waals surface area contributed by atoms with E-state index in [0.29, 0.717) is 16.8 Å². The highest BCUT2D eigenvalue weighted by Crippen LogP contribution is 2.33. The first-order valence-corrected chi connectivity index (χ1v) is 6.21. The van der Waals surface area contributed by atoms with Gasteiger partial charge < -0.3 is 4.74 Å². The molecule has 0 bridgehead atoms. The quantitative estimate of drug-likeness (QED) is 0.494. The molecule has 0 aliphatic carbocycles. The minimum Gasteiger partial charge on any atom is -0.482 e. The fraction of sp³-hybridized carbons (Fsp3) is 0.182. The van der Waals surface area contributed by atoms with Gasteiger partial charge in [-0.3, -0.25) is 14.8 Å². The molecule has 0 atom stereocenters. The number of halogens is 1. The van der Waals surface area contributed by atoms with E-state index in [-0.39, 0.29) is 5.69 Å². The lowest BCUT2D eigenvalue weighted by atomic mass is 10.1. The van der Waals surface area contributed by atoms with Crippen molar-refractivity contribution in [1.29, 1.82) is 0 Å². The van der Waals surface area contributed by atoms with Crippen LogP contribution in [-0.2, 0) is 7.05 Å². The van der Waals surface area contributed by atoms with Crippen LogP contribution in [0.4, 0.5) is 5.69 Å². The van der Waals surface area contributed by atoms with Gasteiger partial charge in [0.15, 0.2) is 0 Å². The third-order valence-corrected chi connectivity index (χ3v) is 2.71. The Morgan fingerprint density at radius 3 is 2.83 bits per heavy atom. The lowest BCUT2D eigenvalue weighted by molar-refractivity contribution is -0.384. The van der Waals surface area contributed by atoms with Crippen LogP contribution in [0.3, 0.4) is 0 Å². The normalized spacial score (nSPS) is 10.3. The summed E-state index contributed by atoms with van der Waals surface area (Å²) < 4.78 is 7.04. The molecule has 2 aromatic rings. The molecule has 0 amide bonds. The summed E-state index contributed by atoms with van der Waals surface area (Å²) in [5.74, 6) is 0.570. The largest absolute Gasteiger partial charge is 0.482 e. The maximum Gasteiger partial charge on any atom is 0.270 e. The Morgan fingerprint density at radius 2 is 2.28 bits per heavy atom. The molecule has 0 unspecified atom stereocenters. The number of hydrogen-bond donors (Lipinski definition) is 0. The van der Waals surface area contributed by atoms with Crippen LogP contribution >= 0.6 is 15.9 Å². The van der Waals surface area contributed by atoms with Crippen LogP contribution in [0.5, 0.6) is 5.75 Å². The Balaban J connectivity index is 2.57. The number of nitro benzene ring substituents is 1. The maximum atomic E-state index is 10.8. The Labute approximate surface area is 111 Å². The van der Waals surface area contributed by atoms with E-state index in [2.05, 4.69) is 21.0 Å². The van der Waals surface area contributed by atoms with Gasteiger partial charge in [0.2, 0.25) is 0 Å². The molecule has 2 rings (SSSR count). The van der Waals surface area contributed by atoms with Crippen LogP contribution < -0.4 is 4.74 Å². The fourth-order valence-corrected chi connectivity index (χ4v) is 1.90. The van der Waals surface area contributed by atoms with Gasteiger partial charge in [-0.2, -0.15) is 5.10 Å². The average Bonchev–Trinajstić information content (AvgIpc) is 2.76. The van der Waals surface area contributed by atoms with Crippen molar-refractivity contribution in [2.45, 2.75) is 0 Å². The number of non-ortho nitro benzene ring substituents is 1. The minimum absolute atomic E-state index is 0.0214. The molecule has 0 spiro atoms. The third-order valence-electron chi connectivity index (χ3n) is 2.48. The predicted octanol–water partition coefficient (Wildman–Crippen LogP) is 2.73. The van der Waals surface area contributed by atoms with Crippen molar-refractivity contribution in [1.82, 2.24) is 9.78 Å². The van der Waals surface area contributed by atoms with Gasteiger partial charge in [0.1, 0.15) is 11.3 Å². The van der Waals surface area contributed by atoms with Crippen molar-refractivity contribution in [2.24, 2.45) is 7.05 Å². The van der Waals surface area contributed by atoms with Crippen LogP contribution in [0.15, 0.2) is 30.5 Å². The van der Waals surface area contributed by atoms with Crippen molar-refractivity contribution in [2.75, 3.05) is 5.52 Å². The predicted molar refractivity (Wildman–Crippen MR) is 69.7 cm³/mol. The highest BCUT2D eigenvalue weighted by Gasteiger charge is 2.15. The molecule has 18 heavy (non-hydrogen) atoms. The highest BCUT2D eigenvalue weighted by molar-refractivity contribution is 9.09. The van der Waals surface area contributed by atoms with E-state index in [9.17, 15) is 10.1 Å². The minimum atomic E-state index is -0.433. The molecule has 1 aromatic carbocycles. The molecule has 1 heterocycles. The van der Waals surface area contributed by atoms with Gasteiger partial charge in [0.25, 0.3) is 5.69 Å². The number of alkyl halides is 1. The first kappa shape index (κ1) is 12.6. The van der Waals surface area contributed by atoms with Gasteiger partial charge in [-0.05, 0) is 28.1 Å². The number of aromatic nitrogens is 2. The van der Waals surface area contributed by atoms with Gasteiger partial charge in [-0.1, -0.05) is 0 Å². The zero-order valence-corrected chi connectivity index (χ0v) is 11.1. The zero-order chi connectivity index (χ0) is 13.1. The summed E-state index contributed by atoms with van der Waals surface area (Å²) >= 11 is 3.17. The molecule has 0 saturated carbocycles. The number of nitro groups is 1. The van der Waals surface area contributed by atoms with E-state index < -0.39 is 4.92 Å². The molecular formula is C11H10BrN3O3. The molecule has 6 nitrogen and oxygen atoms in total. The Bertz CT molecular complexity index is 583. The molecule has 0 fully saturated rings. The third kappa shape index (κ3) is 2.35. The molecule has 7 heteroatoms. The van der Waals surface area contributed by atoms with Crippen molar-refractivity contribution >= 4 is 21.6 Å². The van der Waals surface area contributed by atoms with Crippen molar-refractivity contribution in [3.05, 3.63) is 40.6 Å². The first-order valence-electron chi connectivity index (χ1n) is 5.09. The monoisotopic (exact) mass is 311 g/mol. The summed E-state index contributed by atoms with van der Waals surface area (Å²) in [4.78, 5) is 10.4. The second-order valence-electron chi connectivity index (χ2n) is 3.53. The number of rotatable bonds is 4. The first-order chi connectivity index (χ1) is 8.63. The molecule has 0 saturated heterocycles. The summed E-state index contributed by atoms with van der Waals surface area (Å²) in [6.07, 6.45) is 1.63. The second-order valence-corrected chi connectivity index (χ2v) is 3.99. The molecule has 0 aliphatic rings. The summed E-state index contributed by atoms with van der Waals surface area (Å²) in [7, 11) is 1.77. The van der Waals surface area contributed by atoms with Crippen LogP contribution in [0.25, 0.3) is 11.3 Å². The van der Waals surface area contributed by atoms with Gasteiger partial charge in [0, 0.05) is 30.9 Å². The van der Waals surface area contributed by atoms with Crippen LogP contribution in [0, 0.1) is 10.1 Å². The Kier molecular flexibility index (Phi) is 3.61. The van der Waals surface area contributed by atoms with Gasteiger partial charge in [0.05, 0.1) is 10.6 Å². The summed E-state index contributed by atoms with van der Waals surface area (Å²) in [6, 6.07) is 6.26. The van der Waals surface area contributed by atoms with Crippen LogP contribution in [0.1, 0.15) is 0 Å². The Morgan fingerprint density at radius 1 is 1.50 bits per heavy atom. The van der Waals surface area contributed by atoms with Gasteiger partial charge >= 0.3 is 0 Å². The topological polar surface area (TPSA) is 70.2 Å². The van der Waals surface area contributed by atoms with Crippen molar-refractivity contribution in [3.8, 4) is 17.0 Å². The van der Waals surface area contributed by atoms with Crippen molar-refractivity contribution in [3.63, 3.8) is 0 Å². The average molecular weight is 312 g/mol. The number of ether oxygens (including phenoxy) is 1. The Hall–Kier alpha value is -1.89. The highest BCUT2D eigenvalue weighted by atomic mass is 79.9. The lowest BCUT2D eigenvalue weighted by Gasteiger charge is -2.09. The van der Waals surface area contributed by atoms with Crippen LogP contribution in [0.2, 0.25) is 0 Å². The summed E-state index contributed by atoms with van der Waals surface area (Å²) in [5.41, 5.74) is 1.74. The van der Waals surface area contributed by atoms with E-state index in [1.807, 2.05) is 0 Å². The number of benzene rings is 1. The zero-order valence-electron chi connectivity index (χ0n) is 9.54. The smallest absolute Gasteiger partial charge is 0.270 e.